The number of methoxy groups -OCH3 is 1. The molecule has 2 fully saturated rings. The molecule has 2 amide bonds. The van der Waals surface area contributed by atoms with Crippen LogP contribution in [0.15, 0.2) is 12.4 Å². The van der Waals surface area contributed by atoms with Crippen LogP contribution in [0.2, 0.25) is 0 Å². The van der Waals surface area contributed by atoms with Crippen LogP contribution in [0.5, 0.6) is 0 Å². The maximum atomic E-state index is 12.3. The van der Waals surface area contributed by atoms with Crippen LogP contribution in [0.3, 0.4) is 0 Å². The molecular weight excluding hydrogens is 362 g/mol. The summed E-state index contributed by atoms with van der Waals surface area (Å²) in [4.78, 5) is 28.0. The van der Waals surface area contributed by atoms with Gasteiger partial charge in [0, 0.05) is 39.5 Å². The Morgan fingerprint density at radius 3 is 2.69 bits per heavy atom. The molecule has 2 saturated heterocycles. The van der Waals surface area contributed by atoms with Crippen molar-refractivity contribution in [2.24, 2.45) is 7.05 Å². The van der Waals surface area contributed by atoms with Crippen molar-refractivity contribution < 1.29 is 22.7 Å². The third-order valence-electron chi connectivity index (χ3n) is 4.71. The Hall–Kier alpha value is -1.98. The number of nitrogens with one attached hydrogen (secondary N) is 1. The maximum absolute atomic E-state index is 12.3. The molecule has 2 atom stereocenters. The summed E-state index contributed by atoms with van der Waals surface area (Å²) >= 11 is 0. The number of piperazine rings is 1. The van der Waals surface area contributed by atoms with Crippen LogP contribution in [-0.2, 0) is 31.2 Å². The van der Waals surface area contributed by atoms with Crippen molar-refractivity contribution in [2.75, 3.05) is 50.2 Å². The fraction of sp³-hybridized carbons (Fsp3) is 0.667. The lowest BCUT2D eigenvalue weighted by Crippen LogP contribution is -2.62. The number of hydrogen-bond donors (Lipinski definition) is 1. The SMILES string of the molecule is COCC(=O)N1CCN(CC(=O)Nc2cnn(C)c2)[C@H]2CS(=O)(=O)C[C@H]21. The Balaban J connectivity index is 1.69. The molecule has 1 N–H and O–H groups in total. The van der Waals surface area contributed by atoms with Gasteiger partial charge in [0.15, 0.2) is 9.84 Å². The van der Waals surface area contributed by atoms with E-state index in [1.807, 2.05) is 4.90 Å². The first-order chi connectivity index (χ1) is 12.3. The van der Waals surface area contributed by atoms with E-state index in [2.05, 4.69) is 10.4 Å². The Morgan fingerprint density at radius 2 is 2.04 bits per heavy atom. The highest BCUT2D eigenvalue weighted by atomic mass is 32.2. The quantitative estimate of drug-likeness (QED) is 0.644. The van der Waals surface area contributed by atoms with Crippen LogP contribution in [-0.4, -0.2) is 96.8 Å². The summed E-state index contributed by atoms with van der Waals surface area (Å²) in [6, 6.07) is -0.822. The fourth-order valence-electron chi connectivity index (χ4n) is 3.61. The second-order valence-electron chi connectivity index (χ2n) is 6.65. The number of aryl methyl sites for hydroxylation is 1. The second-order valence-corrected chi connectivity index (χ2v) is 8.81. The van der Waals surface area contributed by atoms with Crippen molar-refractivity contribution in [1.29, 1.82) is 0 Å². The summed E-state index contributed by atoms with van der Waals surface area (Å²) in [6.45, 7) is 0.800. The number of aromatic nitrogens is 2. The van der Waals surface area contributed by atoms with E-state index in [4.69, 9.17) is 4.74 Å². The third-order valence-corrected chi connectivity index (χ3v) is 6.41. The number of carbonyl (C=O) groups excluding carboxylic acids is 2. The highest BCUT2D eigenvalue weighted by molar-refractivity contribution is 7.91. The number of sulfone groups is 1. The number of hydrogen-bond acceptors (Lipinski definition) is 7. The summed E-state index contributed by atoms with van der Waals surface area (Å²) in [5, 5.41) is 6.74. The Labute approximate surface area is 152 Å². The molecule has 0 spiro atoms. The van der Waals surface area contributed by atoms with E-state index in [1.165, 1.54) is 7.11 Å². The molecule has 1 aromatic rings. The van der Waals surface area contributed by atoms with Gasteiger partial charge in [-0.1, -0.05) is 0 Å². The lowest BCUT2D eigenvalue weighted by atomic mass is 10.0. The van der Waals surface area contributed by atoms with Gasteiger partial charge in [0.25, 0.3) is 0 Å². The van der Waals surface area contributed by atoms with Gasteiger partial charge >= 0.3 is 0 Å². The standard InChI is InChI=1S/C15H23N5O5S/c1-18-6-11(5-16-18)17-14(21)7-19-3-4-20(15(22)8-25-2)13-10-26(23,24)9-12(13)19/h5-6,12-13H,3-4,7-10H2,1-2H3,(H,17,21)/t12-,13+/m0/s1. The lowest BCUT2D eigenvalue weighted by Gasteiger charge is -2.43. The van der Waals surface area contributed by atoms with Crippen molar-refractivity contribution in [2.45, 2.75) is 12.1 Å². The Kier molecular flexibility index (Phi) is 5.30. The molecular formula is C15H23N5O5S. The number of ether oxygens (including phenoxy) is 1. The Bertz CT molecular complexity index is 792. The van der Waals surface area contributed by atoms with E-state index in [-0.39, 0.29) is 42.5 Å². The van der Waals surface area contributed by atoms with E-state index in [9.17, 15) is 18.0 Å². The average molecular weight is 385 g/mol. The molecule has 2 aliphatic heterocycles. The van der Waals surface area contributed by atoms with Gasteiger partial charge in [0.2, 0.25) is 11.8 Å². The van der Waals surface area contributed by atoms with Gasteiger partial charge in [0.1, 0.15) is 6.61 Å². The lowest BCUT2D eigenvalue weighted by molar-refractivity contribution is -0.141. The maximum Gasteiger partial charge on any atom is 0.248 e. The highest BCUT2D eigenvalue weighted by Crippen LogP contribution is 2.27. The molecule has 3 heterocycles. The van der Waals surface area contributed by atoms with Crippen LogP contribution in [0.25, 0.3) is 0 Å². The molecule has 0 radical (unpaired) electrons. The van der Waals surface area contributed by atoms with Gasteiger partial charge < -0.3 is 15.0 Å². The number of rotatable bonds is 5. The second kappa shape index (κ2) is 7.33. The zero-order valence-electron chi connectivity index (χ0n) is 14.8. The summed E-state index contributed by atoms with van der Waals surface area (Å²) in [7, 11) is -0.0756. The zero-order chi connectivity index (χ0) is 18.9. The van der Waals surface area contributed by atoms with Crippen LogP contribution < -0.4 is 5.32 Å². The average Bonchev–Trinajstić information content (AvgIpc) is 3.09. The molecule has 0 unspecified atom stereocenters. The minimum atomic E-state index is -3.26. The molecule has 26 heavy (non-hydrogen) atoms. The zero-order valence-corrected chi connectivity index (χ0v) is 15.6. The fourth-order valence-corrected chi connectivity index (χ4v) is 5.62. The summed E-state index contributed by atoms with van der Waals surface area (Å²) < 4.78 is 30.8. The molecule has 0 aromatic carbocycles. The molecule has 11 heteroatoms. The van der Waals surface area contributed by atoms with E-state index in [1.54, 1.807) is 29.0 Å². The first-order valence-electron chi connectivity index (χ1n) is 8.30. The van der Waals surface area contributed by atoms with Gasteiger partial charge in [-0.2, -0.15) is 5.10 Å². The predicted molar refractivity (Wildman–Crippen MR) is 93.2 cm³/mol. The summed E-state index contributed by atoms with van der Waals surface area (Å²) in [5.74, 6) is -0.584. The summed E-state index contributed by atoms with van der Waals surface area (Å²) in [6.07, 6.45) is 3.23. The van der Waals surface area contributed by atoms with Crippen LogP contribution in [0, 0.1) is 0 Å². The number of amides is 2. The van der Waals surface area contributed by atoms with Gasteiger partial charge in [0.05, 0.1) is 36.0 Å². The van der Waals surface area contributed by atoms with Gasteiger partial charge in [-0.25, -0.2) is 8.42 Å². The van der Waals surface area contributed by atoms with Crippen molar-refractivity contribution in [3.8, 4) is 0 Å². The summed E-state index contributed by atoms with van der Waals surface area (Å²) in [5.41, 5.74) is 0.585. The van der Waals surface area contributed by atoms with Crippen molar-refractivity contribution >= 4 is 27.3 Å². The monoisotopic (exact) mass is 385 g/mol. The molecule has 0 aliphatic carbocycles. The Morgan fingerprint density at radius 1 is 1.31 bits per heavy atom. The van der Waals surface area contributed by atoms with Crippen LogP contribution in [0.1, 0.15) is 0 Å². The van der Waals surface area contributed by atoms with E-state index < -0.39 is 15.9 Å². The normalized spacial score (nSPS) is 25.1. The van der Waals surface area contributed by atoms with Crippen molar-refractivity contribution in [3.05, 3.63) is 12.4 Å². The van der Waals surface area contributed by atoms with E-state index >= 15 is 0 Å². The molecule has 0 saturated carbocycles. The first-order valence-corrected chi connectivity index (χ1v) is 10.1. The molecule has 1 aromatic heterocycles. The van der Waals surface area contributed by atoms with Crippen molar-refractivity contribution in [1.82, 2.24) is 19.6 Å². The first kappa shape index (κ1) is 18.8. The molecule has 3 rings (SSSR count). The van der Waals surface area contributed by atoms with Gasteiger partial charge in [-0.3, -0.25) is 19.2 Å². The van der Waals surface area contributed by atoms with Gasteiger partial charge in [-0.15, -0.1) is 0 Å². The number of fused-ring (bicyclic) bond motifs is 1. The smallest absolute Gasteiger partial charge is 0.248 e. The number of carbonyl (C=O) groups is 2. The minimum absolute atomic E-state index is 0.0470. The minimum Gasteiger partial charge on any atom is -0.375 e. The number of anilines is 1. The molecule has 10 nitrogen and oxygen atoms in total. The van der Waals surface area contributed by atoms with Crippen molar-refractivity contribution in [3.63, 3.8) is 0 Å². The van der Waals surface area contributed by atoms with Crippen LogP contribution in [0.4, 0.5) is 5.69 Å². The molecule has 2 aliphatic rings. The topological polar surface area (TPSA) is 114 Å². The number of nitrogens with zero attached hydrogens (tertiary/aromatic N) is 4. The molecule has 0 bridgehead atoms. The predicted octanol–water partition coefficient (Wildman–Crippen LogP) is -1.69. The van der Waals surface area contributed by atoms with E-state index in [0.717, 1.165) is 0 Å². The van der Waals surface area contributed by atoms with Gasteiger partial charge in [-0.05, 0) is 0 Å². The molecule has 144 valence electrons. The highest BCUT2D eigenvalue weighted by Gasteiger charge is 2.48. The van der Waals surface area contributed by atoms with Crippen LogP contribution >= 0.6 is 0 Å². The third kappa shape index (κ3) is 4.05. The largest absolute Gasteiger partial charge is 0.375 e. The van der Waals surface area contributed by atoms with E-state index in [0.29, 0.717) is 18.8 Å².